The van der Waals surface area contributed by atoms with E-state index >= 15 is 0 Å². The average molecular weight is 256 g/mol. The van der Waals surface area contributed by atoms with Gasteiger partial charge in [0.05, 0.1) is 0 Å². The minimum absolute atomic E-state index is 0.0743. The summed E-state index contributed by atoms with van der Waals surface area (Å²) in [6, 6.07) is 14.7. The van der Waals surface area contributed by atoms with Crippen LogP contribution in [0.25, 0.3) is 10.8 Å². The Morgan fingerprint density at radius 1 is 1.11 bits per heavy atom. The highest BCUT2D eigenvalue weighted by Crippen LogP contribution is 2.20. The van der Waals surface area contributed by atoms with E-state index in [1.165, 1.54) is 16.3 Å². The van der Waals surface area contributed by atoms with Crippen molar-refractivity contribution in [2.75, 3.05) is 14.1 Å². The largest absolute Gasteiger partial charge is 0.289 e. The molecular weight excluding hydrogens is 236 g/mol. The van der Waals surface area contributed by atoms with Crippen LogP contribution in [-0.2, 0) is 11.2 Å². The fraction of sp³-hybridized carbons (Fsp3) is 0.312. The Labute approximate surface area is 114 Å². The van der Waals surface area contributed by atoms with Crippen LogP contribution >= 0.6 is 0 Å². The maximum atomic E-state index is 11.6. The van der Waals surface area contributed by atoms with Crippen molar-refractivity contribution in [1.29, 1.82) is 0 Å². The number of aryl methyl sites for hydroxylation is 1. The zero-order valence-electron chi connectivity index (χ0n) is 11.5. The number of fused-ring (bicyclic) bond motifs is 1. The molecular formula is C16H20N2O. The van der Waals surface area contributed by atoms with Crippen molar-refractivity contribution < 1.29 is 4.79 Å². The summed E-state index contributed by atoms with van der Waals surface area (Å²) in [5.74, 6) is 0.0743. The van der Waals surface area contributed by atoms with Crippen LogP contribution in [0.5, 0.6) is 0 Å². The molecule has 0 fully saturated rings. The molecule has 1 N–H and O–H groups in total. The summed E-state index contributed by atoms with van der Waals surface area (Å²) in [5, 5.41) is 4.23. The second-order valence-corrected chi connectivity index (χ2v) is 4.92. The van der Waals surface area contributed by atoms with Gasteiger partial charge in [-0.15, -0.1) is 0 Å². The van der Waals surface area contributed by atoms with E-state index in [1.807, 2.05) is 14.1 Å². The lowest BCUT2D eigenvalue weighted by Crippen LogP contribution is -2.35. The highest BCUT2D eigenvalue weighted by molar-refractivity contribution is 5.85. The molecule has 0 heterocycles. The molecule has 0 atom stereocenters. The van der Waals surface area contributed by atoms with Crippen molar-refractivity contribution in [3.63, 3.8) is 0 Å². The first-order valence-electron chi connectivity index (χ1n) is 6.60. The lowest BCUT2D eigenvalue weighted by atomic mass is 10.0. The maximum Gasteiger partial charge on any atom is 0.234 e. The Bertz CT molecular complexity index is 558. The van der Waals surface area contributed by atoms with E-state index < -0.39 is 0 Å². The van der Waals surface area contributed by atoms with E-state index in [1.54, 1.807) is 5.01 Å². The van der Waals surface area contributed by atoms with Gasteiger partial charge in [-0.2, -0.15) is 0 Å². The molecule has 0 aliphatic heterocycles. The molecule has 2 rings (SSSR count). The van der Waals surface area contributed by atoms with E-state index in [9.17, 15) is 4.79 Å². The lowest BCUT2D eigenvalue weighted by Gasteiger charge is -2.11. The van der Waals surface area contributed by atoms with Gasteiger partial charge in [-0.25, -0.2) is 5.01 Å². The molecule has 1 amide bonds. The van der Waals surface area contributed by atoms with Crippen LogP contribution in [0.2, 0.25) is 0 Å². The standard InChI is InChI=1S/C16H20N2O/c1-18(2)17-16(19)12-6-10-14-9-5-8-13-7-3-4-11-15(13)14/h3-5,7-9,11H,6,10,12H2,1-2H3,(H,17,19). The molecule has 0 saturated carbocycles. The molecule has 0 spiro atoms. The summed E-state index contributed by atoms with van der Waals surface area (Å²) in [6.07, 6.45) is 2.36. The highest BCUT2D eigenvalue weighted by Gasteiger charge is 2.04. The molecule has 0 radical (unpaired) electrons. The Morgan fingerprint density at radius 2 is 1.84 bits per heavy atom. The fourth-order valence-electron chi connectivity index (χ4n) is 2.26. The molecule has 19 heavy (non-hydrogen) atoms. The highest BCUT2D eigenvalue weighted by atomic mass is 16.2. The first kappa shape index (κ1) is 13.6. The third-order valence-corrected chi connectivity index (χ3v) is 3.08. The van der Waals surface area contributed by atoms with E-state index in [0.717, 1.165) is 12.8 Å². The molecule has 0 saturated heterocycles. The molecule has 3 nitrogen and oxygen atoms in total. The topological polar surface area (TPSA) is 32.3 Å². The van der Waals surface area contributed by atoms with Crippen LogP contribution in [0.1, 0.15) is 18.4 Å². The van der Waals surface area contributed by atoms with Gasteiger partial charge in [-0.3, -0.25) is 10.2 Å². The normalized spacial score (nSPS) is 10.9. The summed E-state index contributed by atoms with van der Waals surface area (Å²) < 4.78 is 0. The number of hydrazine groups is 1. The molecule has 0 unspecified atom stereocenters. The number of carbonyl (C=O) groups is 1. The zero-order valence-corrected chi connectivity index (χ0v) is 11.5. The zero-order chi connectivity index (χ0) is 13.7. The number of nitrogens with one attached hydrogen (secondary N) is 1. The number of hydrogen-bond acceptors (Lipinski definition) is 2. The Kier molecular flexibility index (Phi) is 4.53. The summed E-state index contributed by atoms with van der Waals surface area (Å²) in [5.41, 5.74) is 4.08. The quantitative estimate of drug-likeness (QED) is 0.834. The van der Waals surface area contributed by atoms with Crippen molar-refractivity contribution in [1.82, 2.24) is 10.4 Å². The smallest absolute Gasteiger partial charge is 0.234 e. The van der Waals surface area contributed by atoms with Gasteiger partial charge in [-0.1, -0.05) is 42.5 Å². The fourth-order valence-corrected chi connectivity index (χ4v) is 2.26. The van der Waals surface area contributed by atoms with Crippen molar-refractivity contribution in [2.45, 2.75) is 19.3 Å². The van der Waals surface area contributed by atoms with Gasteiger partial charge in [0.1, 0.15) is 0 Å². The Balaban J connectivity index is 1.97. The van der Waals surface area contributed by atoms with Crippen LogP contribution in [0.15, 0.2) is 42.5 Å². The summed E-state index contributed by atoms with van der Waals surface area (Å²) in [4.78, 5) is 11.6. The number of hydrogen-bond donors (Lipinski definition) is 1. The Hall–Kier alpha value is -1.87. The van der Waals surface area contributed by atoms with Gasteiger partial charge in [-0.05, 0) is 29.2 Å². The van der Waals surface area contributed by atoms with Crippen LogP contribution in [0.4, 0.5) is 0 Å². The third kappa shape index (κ3) is 3.80. The van der Waals surface area contributed by atoms with Crippen molar-refractivity contribution in [2.24, 2.45) is 0 Å². The average Bonchev–Trinajstić information content (AvgIpc) is 2.38. The second kappa shape index (κ2) is 6.34. The van der Waals surface area contributed by atoms with E-state index in [4.69, 9.17) is 0 Å². The first-order chi connectivity index (χ1) is 9.16. The van der Waals surface area contributed by atoms with Gasteiger partial charge in [0, 0.05) is 20.5 Å². The molecule has 0 aliphatic carbocycles. The van der Waals surface area contributed by atoms with Gasteiger partial charge in [0.15, 0.2) is 0 Å². The number of benzene rings is 2. The molecule has 2 aromatic rings. The predicted octanol–water partition coefficient (Wildman–Crippen LogP) is 2.76. The lowest BCUT2D eigenvalue weighted by molar-refractivity contribution is -0.124. The van der Waals surface area contributed by atoms with Crippen molar-refractivity contribution in [3.05, 3.63) is 48.0 Å². The molecule has 0 aliphatic rings. The number of nitrogens with zero attached hydrogens (tertiary/aromatic N) is 1. The second-order valence-electron chi connectivity index (χ2n) is 4.92. The monoisotopic (exact) mass is 256 g/mol. The van der Waals surface area contributed by atoms with Crippen LogP contribution in [-0.4, -0.2) is 25.0 Å². The van der Waals surface area contributed by atoms with E-state index in [0.29, 0.717) is 6.42 Å². The molecule has 100 valence electrons. The SMILES string of the molecule is CN(C)NC(=O)CCCc1cccc2ccccc12. The van der Waals surface area contributed by atoms with Crippen LogP contribution in [0, 0.1) is 0 Å². The molecule has 3 heteroatoms. The van der Waals surface area contributed by atoms with Gasteiger partial charge in [0.2, 0.25) is 5.91 Å². The molecule has 2 aromatic carbocycles. The van der Waals surface area contributed by atoms with E-state index in [2.05, 4.69) is 47.9 Å². The van der Waals surface area contributed by atoms with Gasteiger partial charge in [0.25, 0.3) is 0 Å². The van der Waals surface area contributed by atoms with E-state index in [-0.39, 0.29) is 5.91 Å². The molecule has 0 bridgehead atoms. The van der Waals surface area contributed by atoms with Crippen molar-refractivity contribution in [3.8, 4) is 0 Å². The molecule has 0 aromatic heterocycles. The summed E-state index contributed by atoms with van der Waals surface area (Å²) in [6.45, 7) is 0. The minimum atomic E-state index is 0.0743. The van der Waals surface area contributed by atoms with Gasteiger partial charge >= 0.3 is 0 Å². The van der Waals surface area contributed by atoms with Crippen LogP contribution in [0.3, 0.4) is 0 Å². The maximum absolute atomic E-state index is 11.6. The predicted molar refractivity (Wildman–Crippen MR) is 78.7 cm³/mol. The third-order valence-electron chi connectivity index (χ3n) is 3.08. The van der Waals surface area contributed by atoms with Crippen LogP contribution < -0.4 is 5.43 Å². The number of rotatable bonds is 5. The minimum Gasteiger partial charge on any atom is -0.289 e. The first-order valence-corrected chi connectivity index (χ1v) is 6.60. The van der Waals surface area contributed by atoms with Gasteiger partial charge < -0.3 is 0 Å². The number of amides is 1. The summed E-state index contributed by atoms with van der Waals surface area (Å²) in [7, 11) is 3.64. The summed E-state index contributed by atoms with van der Waals surface area (Å²) >= 11 is 0. The number of carbonyl (C=O) groups excluding carboxylic acids is 1. The Morgan fingerprint density at radius 3 is 2.63 bits per heavy atom. The van der Waals surface area contributed by atoms with Crippen molar-refractivity contribution >= 4 is 16.7 Å².